The zero-order chi connectivity index (χ0) is 14.1. The number of benzene rings is 1. The van der Waals surface area contributed by atoms with Crippen molar-refractivity contribution in [3.05, 3.63) is 34.4 Å². The summed E-state index contributed by atoms with van der Waals surface area (Å²) in [5.74, 6) is 0. The van der Waals surface area contributed by atoms with Crippen LogP contribution in [0.2, 0.25) is 0 Å². The van der Waals surface area contributed by atoms with Crippen LogP contribution >= 0.6 is 0 Å². The van der Waals surface area contributed by atoms with Crippen molar-refractivity contribution in [3.63, 3.8) is 0 Å². The predicted molar refractivity (Wildman–Crippen MR) is 80.1 cm³/mol. The molecule has 0 aliphatic heterocycles. The lowest BCUT2D eigenvalue weighted by Gasteiger charge is -2.27. The van der Waals surface area contributed by atoms with E-state index in [4.69, 9.17) is 5.73 Å². The van der Waals surface area contributed by atoms with Crippen LogP contribution in [-0.2, 0) is 5.41 Å². The van der Waals surface area contributed by atoms with Gasteiger partial charge in [-0.2, -0.15) is 0 Å². The molecule has 0 heterocycles. The minimum atomic E-state index is 0.105. The van der Waals surface area contributed by atoms with Crippen LogP contribution in [0.5, 0.6) is 0 Å². The summed E-state index contributed by atoms with van der Waals surface area (Å²) in [4.78, 5) is 0. The van der Waals surface area contributed by atoms with Crippen molar-refractivity contribution in [1.29, 1.82) is 0 Å². The van der Waals surface area contributed by atoms with Crippen LogP contribution in [0.1, 0.15) is 56.0 Å². The molecular weight excluding hydrogens is 220 g/mol. The average molecular weight is 248 g/mol. The van der Waals surface area contributed by atoms with E-state index >= 15 is 0 Å². The van der Waals surface area contributed by atoms with Gasteiger partial charge in [-0.05, 0) is 55.5 Å². The molecule has 0 saturated carbocycles. The van der Waals surface area contributed by atoms with Crippen molar-refractivity contribution >= 4 is 0 Å². The van der Waals surface area contributed by atoms with Gasteiger partial charge in [-0.3, -0.25) is 0 Å². The first kappa shape index (κ1) is 15.2. The van der Waals surface area contributed by atoms with Crippen molar-refractivity contribution in [2.75, 3.05) is 7.05 Å². The van der Waals surface area contributed by atoms with Crippen LogP contribution < -0.4 is 11.1 Å². The Kier molecular flexibility index (Phi) is 4.57. The summed E-state index contributed by atoms with van der Waals surface area (Å²) in [6.45, 7) is 13.2. The Labute approximate surface area is 112 Å². The Morgan fingerprint density at radius 1 is 1.11 bits per heavy atom. The van der Waals surface area contributed by atoms with Crippen LogP contribution in [0.25, 0.3) is 0 Å². The third-order valence-corrected chi connectivity index (χ3v) is 3.61. The Morgan fingerprint density at radius 3 is 1.83 bits per heavy atom. The van der Waals surface area contributed by atoms with Crippen molar-refractivity contribution < 1.29 is 0 Å². The number of rotatable bonds is 3. The molecular formula is C16H28N2. The lowest BCUT2D eigenvalue weighted by Crippen LogP contribution is -2.34. The first-order valence-electron chi connectivity index (χ1n) is 6.73. The van der Waals surface area contributed by atoms with Crippen LogP contribution in [0.15, 0.2) is 12.1 Å². The second-order valence-corrected chi connectivity index (χ2v) is 6.40. The van der Waals surface area contributed by atoms with Crippen molar-refractivity contribution in [2.24, 2.45) is 5.73 Å². The van der Waals surface area contributed by atoms with Gasteiger partial charge in [0.05, 0.1) is 0 Å². The number of nitrogens with two attached hydrogens (primary N) is 1. The van der Waals surface area contributed by atoms with Crippen LogP contribution in [0.4, 0.5) is 0 Å². The summed E-state index contributed by atoms with van der Waals surface area (Å²) in [6.07, 6.45) is 0. The van der Waals surface area contributed by atoms with Gasteiger partial charge in [-0.15, -0.1) is 0 Å². The highest BCUT2D eigenvalue weighted by Gasteiger charge is 2.21. The Morgan fingerprint density at radius 2 is 1.56 bits per heavy atom. The highest BCUT2D eigenvalue weighted by molar-refractivity contribution is 5.42. The maximum atomic E-state index is 6.08. The van der Waals surface area contributed by atoms with Crippen molar-refractivity contribution in [1.82, 2.24) is 5.32 Å². The normalized spacial score (nSPS) is 15.6. The van der Waals surface area contributed by atoms with E-state index in [1.54, 1.807) is 0 Å². The molecule has 2 unspecified atom stereocenters. The van der Waals surface area contributed by atoms with E-state index in [2.05, 4.69) is 59.0 Å². The molecule has 2 atom stereocenters. The van der Waals surface area contributed by atoms with Gasteiger partial charge in [-0.1, -0.05) is 32.9 Å². The van der Waals surface area contributed by atoms with Gasteiger partial charge >= 0.3 is 0 Å². The average Bonchev–Trinajstić information content (AvgIpc) is 2.20. The van der Waals surface area contributed by atoms with E-state index in [1.165, 1.54) is 22.3 Å². The number of aryl methyl sites for hydroxylation is 2. The van der Waals surface area contributed by atoms with Crippen LogP contribution in [-0.4, -0.2) is 13.1 Å². The van der Waals surface area contributed by atoms with Crippen molar-refractivity contribution in [3.8, 4) is 0 Å². The molecule has 0 aliphatic rings. The molecule has 18 heavy (non-hydrogen) atoms. The highest BCUT2D eigenvalue weighted by atomic mass is 14.9. The maximum absolute atomic E-state index is 6.08. The smallest absolute Gasteiger partial charge is 0.0473 e. The first-order chi connectivity index (χ1) is 8.18. The maximum Gasteiger partial charge on any atom is 0.0473 e. The van der Waals surface area contributed by atoms with E-state index in [1.807, 2.05) is 7.05 Å². The molecule has 1 aromatic carbocycles. The van der Waals surface area contributed by atoms with Gasteiger partial charge in [0.15, 0.2) is 0 Å². The van der Waals surface area contributed by atoms with Gasteiger partial charge in [0.1, 0.15) is 0 Å². The number of likely N-dealkylation sites (N-methyl/N-ethyl adjacent to an activating group) is 1. The quantitative estimate of drug-likeness (QED) is 0.862. The van der Waals surface area contributed by atoms with Gasteiger partial charge in [0.2, 0.25) is 0 Å². The molecule has 2 heteroatoms. The molecule has 0 spiro atoms. The molecule has 3 N–H and O–H groups in total. The van der Waals surface area contributed by atoms with E-state index < -0.39 is 0 Å². The SMILES string of the molecule is CNC(c1c(C)cc(C(C)(C)C)cc1C)C(C)N. The fraction of sp³-hybridized carbons (Fsp3) is 0.625. The zero-order valence-corrected chi connectivity index (χ0v) is 12.9. The second kappa shape index (κ2) is 5.41. The molecule has 0 fully saturated rings. The Hall–Kier alpha value is -0.860. The zero-order valence-electron chi connectivity index (χ0n) is 12.9. The summed E-state index contributed by atoms with van der Waals surface area (Å²) >= 11 is 0. The summed E-state index contributed by atoms with van der Waals surface area (Å²) in [5, 5.41) is 3.33. The van der Waals surface area contributed by atoms with Crippen molar-refractivity contribution in [2.45, 2.75) is 59.0 Å². The lowest BCUT2D eigenvalue weighted by molar-refractivity contribution is 0.498. The Balaban J connectivity index is 3.32. The summed E-state index contributed by atoms with van der Waals surface area (Å²) in [6, 6.07) is 4.93. The second-order valence-electron chi connectivity index (χ2n) is 6.40. The standard InChI is InChI=1S/C16H28N2/c1-10-8-13(16(4,5)6)9-11(2)14(10)15(18-7)12(3)17/h8-9,12,15,18H,17H2,1-7H3. The molecule has 0 saturated heterocycles. The van der Waals surface area contributed by atoms with E-state index in [0.717, 1.165) is 0 Å². The summed E-state index contributed by atoms with van der Waals surface area (Å²) < 4.78 is 0. The number of nitrogens with one attached hydrogen (secondary N) is 1. The largest absolute Gasteiger partial charge is 0.326 e. The van der Waals surface area contributed by atoms with Crippen LogP contribution in [0.3, 0.4) is 0 Å². The van der Waals surface area contributed by atoms with Gasteiger partial charge in [0.25, 0.3) is 0 Å². The predicted octanol–water partition coefficient (Wildman–Crippen LogP) is 3.21. The molecule has 0 bridgehead atoms. The van der Waals surface area contributed by atoms with E-state index in [-0.39, 0.29) is 17.5 Å². The minimum Gasteiger partial charge on any atom is -0.326 e. The van der Waals surface area contributed by atoms with E-state index in [9.17, 15) is 0 Å². The topological polar surface area (TPSA) is 38.0 Å². The molecule has 1 rings (SSSR count). The van der Waals surface area contributed by atoms with Crippen LogP contribution in [0, 0.1) is 13.8 Å². The molecule has 1 aromatic rings. The van der Waals surface area contributed by atoms with Gasteiger partial charge < -0.3 is 11.1 Å². The first-order valence-corrected chi connectivity index (χ1v) is 6.73. The minimum absolute atomic E-state index is 0.105. The lowest BCUT2D eigenvalue weighted by atomic mass is 9.82. The Bertz CT molecular complexity index is 391. The highest BCUT2D eigenvalue weighted by Crippen LogP contribution is 2.30. The third-order valence-electron chi connectivity index (χ3n) is 3.61. The fourth-order valence-electron chi connectivity index (χ4n) is 2.57. The van der Waals surface area contributed by atoms with E-state index in [0.29, 0.717) is 0 Å². The molecule has 0 aliphatic carbocycles. The molecule has 0 amide bonds. The summed E-state index contributed by atoms with van der Waals surface area (Å²) in [7, 11) is 1.98. The number of hydrogen-bond donors (Lipinski definition) is 2. The number of hydrogen-bond acceptors (Lipinski definition) is 2. The molecule has 0 radical (unpaired) electrons. The van der Waals surface area contributed by atoms with Gasteiger partial charge in [0, 0.05) is 12.1 Å². The molecule has 102 valence electrons. The molecule has 0 aromatic heterocycles. The third kappa shape index (κ3) is 3.12. The fourth-order valence-corrected chi connectivity index (χ4v) is 2.57. The summed E-state index contributed by atoms with van der Waals surface area (Å²) in [5.41, 5.74) is 11.7. The monoisotopic (exact) mass is 248 g/mol. The van der Waals surface area contributed by atoms with Gasteiger partial charge in [-0.25, -0.2) is 0 Å². The molecule has 2 nitrogen and oxygen atoms in total.